The van der Waals surface area contributed by atoms with Crippen LogP contribution in [0.2, 0.25) is 0 Å². The van der Waals surface area contributed by atoms with E-state index in [2.05, 4.69) is 0 Å². The van der Waals surface area contributed by atoms with Crippen LogP contribution in [0.5, 0.6) is 0 Å². The van der Waals surface area contributed by atoms with Crippen LogP contribution in [-0.4, -0.2) is 92.9 Å². The first-order valence-electron chi connectivity index (χ1n) is 20.9. The van der Waals surface area contributed by atoms with Crippen LogP contribution in [0.3, 0.4) is 0 Å². The fourth-order valence-electron chi connectivity index (χ4n) is 9.30. The number of carbonyl (C=O) groups is 2. The van der Waals surface area contributed by atoms with Gasteiger partial charge in [-0.25, -0.2) is 0 Å². The zero-order valence-corrected chi connectivity index (χ0v) is 44.1. The third-order valence-electron chi connectivity index (χ3n) is 12.1. The number of benzene rings is 2. The first kappa shape index (κ1) is 52.9. The van der Waals surface area contributed by atoms with Crippen molar-refractivity contribution in [3.8, 4) is 0 Å². The summed E-state index contributed by atoms with van der Waals surface area (Å²) in [5.74, 6) is -1.88. The zero-order chi connectivity index (χ0) is 49.9. The average molecular weight is 1160 g/mol. The molecule has 0 bridgehead atoms. The van der Waals surface area contributed by atoms with E-state index < -0.39 is 99.4 Å². The molecule has 2 aromatic carbocycles. The van der Waals surface area contributed by atoms with Gasteiger partial charge >= 0.3 is 362 Å². The van der Waals surface area contributed by atoms with E-state index in [1.54, 1.807) is 18.2 Å². The summed E-state index contributed by atoms with van der Waals surface area (Å²) in [6, 6.07) is 5.14. The Balaban J connectivity index is 1.51. The molecular formula is C43H52INO16S6. The standard InChI is InChI=1S/C43H52INO16S6/c1-6-44(20-14-8-12-18-34(46)47)28-24-30(64(50,51)52)40-26(22-36(62-40)66(56,57)58)38(28)42(2,3)32(44)16-10-7-11-17-33-43(4,5)39-27-23-37(67(59,60)61)63-41(27)31(65(53,54)55)25-29(39)45(33)21-15-9-13-19-35(48)49/h7,10-11,16-17,22-25H,6,8-9,12-15,18-21H2,1-5H3,(H,46,47)(H,48,49)(H,50,51,52)(H,53,54,55)(H,56,57,58)(H,59,60,61)/b11-7+,16-10+,33-17+. The summed E-state index contributed by atoms with van der Waals surface area (Å²) in [5.41, 5.74) is 0.461. The summed E-state index contributed by atoms with van der Waals surface area (Å²) in [7, 11) is -19.4. The predicted octanol–water partition coefficient (Wildman–Crippen LogP) is 8.88. The van der Waals surface area contributed by atoms with Crippen molar-refractivity contribution >= 4 is 122 Å². The van der Waals surface area contributed by atoms with Crippen LogP contribution < -0.4 is 4.90 Å². The van der Waals surface area contributed by atoms with Gasteiger partial charge in [0.25, 0.3) is 0 Å². The number of carboxylic acids is 2. The van der Waals surface area contributed by atoms with Gasteiger partial charge in [-0.15, -0.1) is 0 Å². The molecule has 0 amide bonds. The van der Waals surface area contributed by atoms with E-state index >= 15 is 0 Å². The van der Waals surface area contributed by atoms with Crippen LogP contribution in [-0.2, 0) is 60.9 Å². The topological polar surface area (TPSA) is 295 Å². The van der Waals surface area contributed by atoms with Gasteiger partial charge in [-0.2, -0.15) is 16.8 Å². The quantitative estimate of drug-likeness (QED) is 0.0158. The Morgan fingerprint density at radius 2 is 1.15 bits per heavy atom. The van der Waals surface area contributed by atoms with Crippen LogP contribution in [0.25, 0.3) is 20.2 Å². The zero-order valence-electron chi connectivity index (χ0n) is 37.0. The van der Waals surface area contributed by atoms with Gasteiger partial charge in [-0.1, -0.05) is 0 Å². The maximum atomic E-state index is 13.0. The number of unbranched alkanes of at least 4 members (excludes halogenated alkanes) is 4. The molecule has 0 saturated carbocycles. The number of allylic oxidation sites excluding steroid dienone is 6. The van der Waals surface area contributed by atoms with Crippen LogP contribution in [0.4, 0.5) is 5.69 Å². The molecule has 4 heterocycles. The molecule has 67 heavy (non-hydrogen) atoms. The number of thiophene rings is 2. The number of fused-ring (bicyclic) bond motifs is 6. The molecule has 17 nitrogen and oxygen atoms in total. The summed E-state index contributed by atoms with van der Waals surface area (Å²) in [4.78, 5) is 23.4. The Hall–Kier alpha value is -3.44. The number of carboxylic acid groups (broad SMARTS) is 2. The second-order valence-electron chi connectivity index (χ2n) is 17.2. The first-order chi connectivity index (χ1) is 30.9. The van der Waals surface area contributed by atoms with E-state index in [1.165, 1.54) is 24.3 Å². The van der Waals surface area contributed by atoms with E-state index in [0.717, 1.165) is 3.51 Å². The molecule has 2 aliphatic rings. The van der Waals surface area contributed by atoms with Gasteiger partial charge in [-0.3, -0.25) is 13.9 Å². The van der Waals surface area contributed by atoms with Gasteiger partial charge in [0.15, 0.2) is 0 Å². The van der Waals surface area contributed by atoms with Gasteiger partial charge in [0, 0.05) is 6.42 Å². The molecule has 6 N–H and O–H groups in total. The summed E-state index contributed by atoms with van der Waals surface area (Å²) < 4.78 is 144. The molecule has 1 atom stereocenters. The SMILES string of the molecule is CCI1(CCCCCC(=O)O)=C(/C=C/C=C/C=C2/N(CCCCCC(=O)O)c3cc(S(=O)(=O)O)c4sc(S(=O)(=O)O)cc4c3C2(C)C)C(C)(C)c2c1cc(S(=O)(=O)O)c1sc(S(=O)(=O)O)cc21. The number of aliphatic carboxylic acids is 2. The van der Waals surface area contributed by atoms with E-state index in [9.17, 15) is 71.7 Å². The van der Waals surface area contributed by atoms with Crippen molar-refractivity contribution in [2.75, 3.05) is 20.3 Å². The fourth-order valence-corrected chi connectivity index (χ4v) is 27.8. The summed E-state index contributed by atoms with van der Waals surface area (Å²) in [6.07, 6.45) is 12.0. The van der Waals surface area contributed by atoms with Crippen molar-refractivity contribution in [1.29, 1.82) is 0 Å². The fraction of sp³-hybridized carbons (Fsp3) is 0.419. The Labute approximate surface area is 401 Å². The minimum absolute atomic E-state index is 0.0180. The summed E-state index contributed by atoms with van der Waals surface area (Å²) in [5, 5.41) is 18.9. The second-order valence-corrected chi connectivity index (χ2v) is 35.0. The molecule has 2 aromatic heterocycles. The molecule has 1 unspecified atom stereocenters. The Morgan fingerprint density at radius 1 is 0.642 bits per heavy atom. The van der Waals surface area contributed by atoms with Crippen LogP contribution in [0.15, 0.2) is 78.6 Å². The van der Waals surface area contributed by atoms with E-state index in [0.29, 0.717) is 96.1 Å². The maximum absolute atomic E-state index is 13.0. The molecular weight excluding hydrogens is 1110 g/mol. The van der Waals surface area contributed by atoms with Crippen molar-refractivity contribution < 1.29 is 71.7 Å². The van der Waals surface area contributed by atoms with Gasteiger partial charge < -0.3 is 5.11 Å². The van der Waals surface area contributed by atoms with Crippen molar-refractivity contribution in [3.05, 3.63) is 75.0 Å². The number of halogens is 1. The normalized spacial score (nSPS) is 20.1. The Bertz CT molecular complexity index is 3320. The van der Waals surface area contributed by atoms with Crippen molar-refractivity contribution in [2.45, 2.75) is 115 Å². The number of hydrogen-bond donors (Lipinski definition) is 6. The van der Waals surface area contributed by atoms with Crippen molar-refractivity contribution in [3.63, 3.8) is 0 Å². The summed E-state index contributed by atoms with van der Waals surface area (Å²) in [6.45, 7) is 9.89. The van der Waals surface area contributed by atoms with Gasteiger partial charge in [0.1, 0.15) is 0 Å². The molecule has 0 saturated heterocycles. The third-order valence-corrected chi connectivity index (χ3v) is 31.3. The first-order valence-corrected chi connectivity index (χ1v) is 33.5. The molecule has 0 aliphatic carbocycles. The van der Waals surface area contributed by atoms with Crippen molar-refractivity contribution in [1.82, 2.24) is 0 Å². The van der Waals surface area contributed by atoms with Gasteiger partial charge in [-0.05, 0) is 0 Å². The molecule has 0 spiro atoms. The van der Waals surface area contributed by atoms with E-state index in [4.69, 9.17) is 0 Å². The van der Waals surface area contributed by atoms with Crippen LogP contribution in [0, 0.1) is 3.57 Å². The molecule has 0 fully saturated rings. The Morgan fingerprint density at radius 3 is 1.64 bits per heavy atom. The predicted molar refractivity (Wildman–Crippen MR) is 268 cm³/mol. The third kappa shape index (κ3) is 10.4. The number of hydrogen-bond acceptors (Lipinski definition) is 13. The molecule has 2 aliphatic heterocycles. The number of alkyl halides is 2. The van der Waals surface area contributed by atoms with Crippen LogP contribution in [0.1, 0.15) is 97.1 Å². The van der Waals surface area contributed by atoms with Crippen molar-refractivity contribution in [2.24, 2.45) is 0 Å². The van der Waals surface area contributed by atoms with E-state index in [-0.39, 0.29) is 39.6 Å². The number of rotatable bonds is 20. The monoisotopic (exact) mass is 1160 g/mol. The minimum atomic E-state index is -4.92. The Kier molecular flexibility index (Phi) is 15.0. The molecule has 0 radical (unpaired) electrons. The van der Waals surface area contributed by atoms with Gasteiger partial charge in [0.2, 0.25) is 0 Å². The average Bonchev–Trinajstić information content (AvgIpc) is 3.93. The van der Waals surface area contributed by atoms with Crippen LogP contribution >= 0.6 is 40.6 Å². The number of nitrogens with zero attached hydrogens (tertiary/aromatic N) is 1. The molecule has 4 aromatic rings. The molecule has 368 valence electrons. The number of anilines is 1. The van der Waals surface area contributed by atoms with E-state index in [1.807, 2.05) is 51.7 Å². The summed E-state index contributed by atoms with van der Waals surface area (Å²) >= 11 is -2.59. The molecule has 24 heteroatoms. The second kappa shape index (κ2) is 19.0. The molecule has 6 rings (SSSR count). The van der Waals surface area contributed by atoms with Gasteiger partial charge in [0.05, 0.1) is 0 Å².